The largest absolute Gasteiger partial charge is 0.207 e. The van der Waals surface area contributed by atoms with Crippen molar-refractivity contribution >= 4 is 43.5 Å². The number of halogens is 4. The fourth-order valence-corrected chi connectivity index (χ4v) is 3.44. The van der Waals surface area contributed by atoms with Crippen molar-refractivity contribution in [2.75, 3.05) is 0 Å². The van der Waals surface area contributed by atoms with Gasteiger partial charge in [0, 0.05) is 9.50 Å². The van der Waals surface area contributed by atoms with Gasteiger partial charge in [0.05, 0.1) is 4.83 Å². The van der Waals surface area contributed by atoms with Crippen molar-refractivity contribution in [2.45, 2.75) is 4.83 Å². The van der Waals surface area contributed by atoms with Crippen LogP contribution < -0.4 is 0 Å². The summed E-state index contributed by atoms with van der Waals surface area (Å²) < 4.78 is 13.8. The summed E-state index contributed by atoms with van der Waals surface area (Å²) in [6.07, 6.45) is 0. The van der Waals surface area contributed by atoms with Gasteiger partial charge in [0.15, 0.2) is 0 Å². The molecule has 0 N–H and O–H groups in total. The van der Waals surface area contributed by atoms with Crippen molar-refractivity contribution in [1.82, 2.24) is 0 Å². The van der Waals surface area contributed by atoms with Crippen LogP contribution in [0.3, 0.4) is 0 Å². The molecule has 0 radical (unpaired) electrons. The second-order valence-electron chi connectivity index (χ2n) is 3.58. The quantitative estimate of drug-likeness (QED) is 0.586. The van der Waals surface area contributed by atoms with E-state index >= 15 is 0 Å². The van der Waals surface area contributed by atoms with Gasteiger partial charge in [-0.25, -0.2) is 4.39 Å². The molecular formula is C13H8Br2ClF. The molecule has 0 saturated heterocycles. The van der Waals surface area contributed by atoms with E-state index in [0.717, 1.165) is 15.6 Å². The molecule has 1 unspecified atom stereocenters. The maximum absolute atomic E-state index is 12.8. The second-order valence-corrected chi connectivity index (χ2v) is 5.79. The monoisotopic (exact) mass is 376 g/mol. The molecule has 0 aliphatic rings. The van der Waals surface area contributed by atoms with Crippen LogP contribution in [0.25, 0.3) is 0 Å². The topological polar surface area (TPSA) is 0 Å². The highest BCUT2D eigenvalue weighted by Crippen LogP contribution is 2.36. The minimum absolute atomic E-state index is 0.00902. The van der Waals surface area contributed by atoms with E-state index in [4.69, 9.17) is 11.6 Å². The van der Waals surface area contributed by atoms with Crippen molar-refractivity contribution in [3.8, 4) is 0 Å². The van der Waals surface area contributed by atoms with E-state index in [2.05, 4.69) is 31.9 Å². The van der Waals surface area contributed by atoms with Gasteiger partial charge in [-0.05, 0) is 35.4 Å². The fourth-order valence-electron chi connectivity index (χ4n) is 1.52. The minimum Gasteiger partial charge on any atom is -0.207 e. The van der Waals surface area contributed by atoms with Gasteiger partial charge in [0.2, 0.25) is 0 Å². The third-order valence-corrected chi connectivity index (χ3v) is 4.34. The lowest BCUT2D eigenvalue weighted by Crippen LogP contribution is -1.94. The second kappa shape index (κ2) is 5.51. The van der Waals surface area contributed by atoms with E-state index in [9.17, 15) is 4.39 Å². The average Bonchev–Trinajstić information content (AvgIpc) is 2.29. The summed E-state index contributed by atoms with van der Waals surface area (Å²) in [6.45, 7) is 0. The Labute approximate surface area is 121 Å². The van der Waals surface area contributed by atoms with Crippen LogP contribution in [0.1, 0.15) is 16.0 Å². The lowest BCUT2D eigenvalue weighted by atomic mass is 10.1. The van der Waals surface area contributed by atoms with Gasteiger partial charge in [-0.15, -0.1) is 0 Å². The highest BCUT2D eigenvalue weighted by molar-refractivity contribution is 9.11. The summed E-state index contributed by atoms with van der Waals surface area (Å²) in [4.78, 5) is 0.00902. The maximum atomic E-state index is 12.8. The number of hydrogen-bond acceptors (Lipinski definition) is 0. The number of alkyl halides is 1. The van der Waals surface area contributed by atoms with Crippen LogP contribution in [-0.4, -0.2) is 0 Å². The molecule has 4 heteroatoms. The SMILES string of the molecule is Fc1ccc(C(Br)c2ccc(Cl)cc2Br)cc1. The first-order valence-electron chi connectivity index (χ1n) is 4.92. The maximum Gasteiger partial charge on any atom is 0.123 e. The molecule has 0 aliphatic carbocycles. The van der Waals surface area contributed by atoms with Crippen LogP contribution in [0.4, 0.5) is 4.39 Å². The Bertz CT molecular complexity index is 525. The van der Waals surface area contributed by atoms with Crippen LogP contribution in [0, 0.1) is 5.82 Å². The minimum atomic E-state index is -0.233. The molecule has 2 aromatic rings. The normalized spacial score (nSPS) is 12.5. The first kappa shape index (κ1) is 13.1. The van der Waals surface area contributed by atoms with Gasteiger partial charge in [0.1, 0.15) is 5.82 Å². The van der Waals surface area contributed by atoms with Crippen LogP contribution in [-0.2, 0) is 0 Å². The summed E-state index contributed by atoms with van der Waals surface area (Å²) in [5.41, 5.74) is 2.05. The van der Waals surface area contributed by atoms with Gasteiger partial charge in [0.25, 0.3) is 0 Å². The standard InChI is InChI=1S/C13H8Br2ClF/c14-12-7-9(16)3-6-11(12)13(15)8-1-4-10(17)5-2-8/h1-7,13H. The molecular weight excluding hydrogens is 370 g/mol. The Kier molecular flexibility index (Phi) is 4.23. The Morgan fingerprint density at radius 1 is 1.06 bits per heavy atom. The molecule has 0 nitrogen and oxygen atoms in total. The van der Waals surface area contributed by atoms with Gasteiger partial charge >= 0.3 is 0 Å². The molecule has 0 aromatic heterocycles. The first-order valence-corrected chi connectivity index (χ1v) is 7.01. The fraction of sp³-hybridized carbons (Fsp3) is 0.0769. The van der Waals surface area contributed by atoms with E-state index in [1.807, 2.05) is 18.2 Å². The Morgan fingerprint density at radius 2 is 1.71 bits per heavy atom. The Hall–Kier alpha value is -0.380. The Morgan fingerprint density at radius 3 is 2.29 bits per heavy atom. The summed E-state index contributed by atoms with van der Waals surface area (Å²) in [6, 6.07) is 12.0. The molecule has 0 heterocycles. The molecule has 0 bridgehead atoms. The van der Waals surface area contributed by atoms with Crippen LogP contribution in [0.15, 0.2) is 46.9 Å². The van der Waals surface area contributed by atoms with E-state index in [-0.39, 0.29) is 10.6 Å². The summed E-state index contributed by atoms with van der Waals surface area (Å²) in [5.74, 6) is -0.233. The van der Waals surface area contributed by atoms with Crippen LogP contribution in [0.5, 0.6) is 0 Å². The molecule has 88 valence electrons. The summed E-state index contributed by atoms with van der Waals surface area (Å²) >= 11 is 13.0. The third-order valence-electron chi connectivity index (χ3n) is 2.40. The average molecular weight is 378 g/mol. The first-order chi connectivity index (χ1) is 8.08. The van der Waals surface area contributed by atoms with E-state index in [1.54, 1.807) is 12.1 Å². The zero-order chi connectivity index (χ0) is 12.4. The van der Waals surface area contributed by atoms with E-state index in [0.29, 0.717) is 5.02 Å². The Balaban J connectivity index is 2.36. The van der Waals surface area contributed by atoms with Gasteiger partial charge < -0.3 is 0 Å². The molecule has 0 fully saturated rings. The third kappa shape index (κ3) is 3.09. The molecule has 0 aliphatic heterocycles. The van der Waals surface area contributed by atoms with Crippen molar-refractivity contribution in [3.05, 3.63) is 68.9 Å². The summed E-state index contributed by atoms with van der Waals surface area (Å²) in [5, 5.41) is 0.680. The van der Waals surface area contributed by atoms with E-state index in [1.165, 1.54) is 12.1 Å². The smallest absolute Gasteiger partial charge is 0.123 e. The predicted molar refractivity (Wildman–Crippen MR) is 76.3 cm³/mol. The van der Waals surface area contributed by atoms with Crippen molar-refractivity contribution < 1.29 is 4.39 Å². The zero-order valence-corrected chi connectivity index (χ0v) is 12.6. The highest BCUT2D eigenvalue weighted by atomic mass is 79.9. The highest BCUT2D eigenvalue weighted by Gasteiger charge is 2.13. The molecule has 2 rings (SSSR count). The molecule has 0 amide bonds. The molecule has 17 heavy (non-hydrogen) atoms. The molecule has 2 aromatic carbocycles. The number of rotatable bonds is 2. The molecule has 1 atom stereocenters. The predicted octanol–water partition coefficient (Wildman–Crippen LogP) is 5.73. The number of hydrogen-bond donors (Lipinski definition) is 0. The van der Waals surface area contributed by atoms with Gasteiger partial charge in [-0.2, -0.15) is 0 Å². The summed E-state index contributed by atoms with van der Waals surface area (Å²) in [7, 11) is 0. The molecule has 0 spiro atoms. The van der Waals surface area contributed by atoms with Crippen LogP contribution >= 0.6 is 43.5 Å². The number of benzene rings is 2. The lowest BCUT2D eigenvalue weighted by Gasteiger charge is -2.13. The van der Waals surface area contributed by atoms with Crippen molar-refractivity contribution in [2.24, 2.45) is 0 Å². The van der Waals surface area contributed by atoms with Crippen LogP contribution in [0.2, 0.25) is 5.02 Å². The van der Waals surface area contributed by atoms with Crippen molar-refractivity contribution in [1.29, 1.82) is 0 Å². The van der Waals surface area contributed by atoms with Gasteiger partial charge in [-0.3, -0.25) is 0 Å². The van der Waals surface area contributed by atoms with Crippen molar-refractivity contribution in [3.63, 3.8) is 0 Å². The zero-order valence-electron chi connectivity index (χ0n) is 8.63. The lowest BCUT2D eigenvalue weighted by molar-refractivity contribution is 0.627. The van der Waals surface area contributed by atoms with E-state index < -0.39 is 0 Å². The van der Waals surface area contributed by atoms with Gasteiger partial charge in [-0.1, -0.05) is 61.7 Å². The molecule has 0 saturated carbocycles.